The third-order valence-corrected chi connectivity index (χ3v) is 1.74. The molecule has 0 aliphatic heterocycles. The predicted octanol–water partition coefficient (Wildman–Crippen LogP) is 1.62. The van der Waals surface area contributed by atoms with Gasteiger partial charge in [0.2, 0.25) is 0 Å². The van der Waals surface area contributed by atoms with Gasteiger partial charge in [0.25, 0.3) is 0 Å². The predicted molar refractivity (Wildman–Crippen MR) is 25.1 cm³/mol. The quantitative estimate of drug-likeness (QED) is 0.450. The molecule has 2 aliphatic rings. The Bertz CT molecular complexity index is 48.4. The lowest BCUT2D eigenvalue weighted by molar-refractivity contribution is 0.740. The molecule has 1 unspecified atom stereocenters. The first-order valence-electron chi connectivity index (χ1n) is 2.80. The lowest BCUT2D eigenvalue weighted by atomic mass is 10.3. The molecule has 0 amide bonds. The van der Waals surface area contributed by atoms with Crippen LogP contribution in [0.1, 0.15) is 19.3 Å². The van der Waals surface area contributed by atoms with Gasteiger partial charge in [0.05, 0.1) is 0 Å². The molecule has 2 saturated carbocycles. The Morgan fingerprint density at radius 3 is 2.17 bits per heavy atom. The van der Waals surface area contributed by atoms with E-state index < -0.39 is 0 Å². The van der Waals surface area contributed by atoms with Crippen molar-refractivity contribution in [2.45, 2.75) is 19.3 Å². The normalized spacial score (nSPS) is 34.0. The van der Waals surface area contributed by atoms with Gasteiger partial charge in [0.1, 0.15) is 0 Å². The van der Waals surface area contributed by atoms with E-state index in [1.54, 1.807) is 0 Å². The summed E-state index contributed by atoms with van der Waals surface area (Å²) in [6.45, 7) is 0. The molecule has 6 heavy (non-hydrogen) atoms. The van der Waals surface area contributed by atoms with Crippen molar-refractivity contribution < 1.29 is 0 Å². The maximum atomic E-state index is 2.43. The first-order valence-corrected chi connectivity index (χ1v) is 2.80. The Labute approximate surface area is 38.6 Å². The van der Waals surface area contributed by atoms with Crippen LogP contribution in [-0.4, -0.2) is 0 Å². The van der Waals surface area contributed by atoms with Gasteiger partial charge < -0.3 is 0 Å². The van der Waals surface area contributed by atoms with Crippen molar-refractivity contribution in [3.63, 3.8) is 0 Å². The lowest BCUT2D eigenvalue weighted by Crippen LogP contribution is -1.71. The molecule has 2 rings (SSSR count). The molecule has 0 saturated heterocycles. The van der Waals surface area contributed by atoms with Crippen LogP contribution in [0.4, 0.5) is 0 Å². The Kier molecular flexibility index (Phi) is 0.408. The summed E-state index contributed by atoms with van der Waals surface area (Å²) in [5.41, 5.74) is 0. The second-order valence-electron chi connectivity index (χ2n) is 2.47. The fourth-order valence-electron chi connectivity index (χ4n) is 0.988. The van der Waals surface area contributed by atoms with Gasteiger partial charge in [0, 0.05) is 0 Å². The second-order valence-corrected chi connectivity index (χ2v) is 2.47. The minimum Gasteiger partial charge on any atom is -0.0499 e. The Balaban J connectivity index is 1.92. The Morgan fingerprint density at radius 1 is 1.33 bits per heavy atom. The van der Waals surface area contributed by atoms with Gasteiger partial charge in [-0.2, -0.15) is 0 Å². The van der Waals surface area contributed by atoms with Crippen LogP contribution in [0, 0.1) is 18.3 Å². The van der Waals surface area contributed by atoms with Crippen molar-refractivity contribution in [2.75, 3.05) is 0 Å². The highest BCUT2D eigenvalue weighted by molar-refractivity contribution is 5.03. The monoisotopic (exact) mass is 81.1 g/mol. The van der Waals surface area contributed by atoms with Crippen LogP contribution in [0.2, 0.25) is 0 Å². The van der Waals surface area contributed by atoms with Gasteiger partial charge in [-0.3, -0.25) is 0 Å². The van der Waals surface area contributed by atoms with Crippen LogP contribution in [0.25, 0.3) is 0 Å². The summed E-state index contributed by atoms with van der Waals surface area (Å²) >= 11 is 0. The van der Waals surface area contributed by atoms with Crippen LogP contribution in [0.5, 0.6) is 0 Å². The van der Waals surface area contributed by atoms with E-state index in [0.717, 1.165) is 11.8 Å². The first-order chi connectivity index (χ1) is 2.97. The van der Waals surface area contributed by atoms with E-state index >= 15 is 0 Å². The van der Waals surface area contributed by atoms with Crippen molar-refractivity contribution in [2.24, 2.45) is 11.8 Å². The zero-order chi connectivity index (χ0) is 3.98. The molecule has 33 valence electrons. The molecule has 0 aromatic rings. The summed E-state index contributed by atoms with van der Waals surface area (Å²) in [5.74, 6) is 2.25. The average Bonchev–Trinajstić information content (AvgIpc) is 2.26. The molecule has 0 aromatic heterocycles. The largest absolute Gasteiger partial charge is 0.0499 e. The fraction of sp³-hybridized carbons (Fsp3) is 0.833. The van der Waals surface area contributed by atoms with Crippen molar-refractivity contribution >= 4 is 0 Å². The number of hydrogen-bond donors (Lipinski definition) is 0. The minimum absolute atomic E-state index is 1.09. The van der Waals surface area contributed by atoms with Crippen molar-refractivity contribution in [3.8, 4) is 0 Å². The zero-order valence-corrected chi connectivity index (χ0v) is 3.85. The maximum Gasteiger partial charge on any atom is -0.0349 e. The summed E-state index contributed by atoms with van der Waals surface area (Å²) in [7, 11) is 0. The van der Waals surface area contributed by atoms with Gasteiger partial charge in [-0.1, -0.05) is 0 Å². The van der Waals surface area contributed by atoms with Gasteiger partial charge in [-0.05, 0) is 37.5 Å². The highest BCUT2D eigenvalue weighted by atomic mass is 14.4. The van der Waals surface area contributed by atoms with Crippen LogP contribution in [0.15, 0.2) is 0 Å². The topological polar surface area (TPSA) is 0 Å². The second kappa shape index (κ2) is 0.800. The summed E-state index contributed by atoms with van der Waals surface area (Å²) < 4.78 is 0. The first kappa shape index (κ1) is 3.06. The molecule has 0 spiro atoms. The smallest absolute Gasteiger partial charge is 0.0349 e. The Hall–Kier alpha value is 0. The average molecular weight is 81.1 g/mol. The van der Waals surface area contributed by atoms with E-state index in [1.807, 2.05) is 0 Å². The molecule has 0 bridgehead atoms. The molecule has 0 aromatic carbocycles. The van der Waals surface area contributed by atoms with Crippen LogP contribution < -0.4 is 0 Å². The highest BCUT2D eigenvalue weighted by Gasteiger charge is 2.38. The van der Waals surface area contributed by atoms with Crippen LogP contribution in [0.3, 0.4) is 0 Å². The van der Waals surface area contributed by atoms with E-state index in [9.17, 15) is 0 Å². The van der Waals surface area contributed by atoms with E-state index in [4.69, 9.17) is 0 Å². The van der Waals surface area contributed by atoms with E-state index in [1.165, 1.54) is 19.3 Å². The van der Waals surface area contributed by atoms with E-state index in [-0.39, 0.29) is 0 Å². The third kappa shape index (κ3) is 0.360. The van der Waals surface area contributed by atoms with E-state index in [2.05, 4.69) is 6.42 Å². The van der Waals surface area contributed by atoms with Gasteiger partial charge >= 0.3 is 0 Å². The van der Waals surface area contributed by atoms with Crippen molar-refractivity contribution in [3.05, 3.63) is 6.42 Å². The fourth-order valence-corrected chi connectivity index (χ4v) is 0.988. The molecular weight excluding hydrogens is 72.1 g/mol. The van der Waals surface area contributed by atoms with Crippen molar-refractivity contribution in [1.29, 1.82) is 0 Å². The molecular formula is C6H9. The van der Waals surface area contributed by atoms with E-state index in [0.29, 0.717) is 0 Å². The zero-order valence-electron chi connectivity index (χ0n) is 3.85. The molecule has 2 fully saturated rings. The number of hydrogen-bond acceptors (Lipinski definition) is 0. The lowest BCUT2D eigenvalue weighted by Gasteiger charge is -1.77. The molecule has 0 heterocycles. The third-order valence-electron chi connectivity index (χ3n) is 1.74. The summed E-state index contributed by atoms with van der Waals surface area (Å²) in [6.07, 6.45) is 6.92. The van der Waals surface area contributed by atoms with Crippen molar-refractivity contribution in [1.82, 2.24) is 0 Å². The molecule has 1 radical (unpaired) electrons. The molecule has 0 N–H and O–H groups in total. The minimum atomic E-state index is 1.09. The molecule has 0 nitrogen and oxygen atoms in total. The van der Waals surface area contributed by atoms with Gasteiger partial charge in [-0.25, -0.2) is 0 Å². The van der Waals surface area contributed by atoms with Gasteiger partial charge in [0.15, 0.2) is 0 Å². The summed E-state index contributed by atoms with van der Waals surface area (Å²) in [5, 5.41) is 0. The SMILES string of the molecule is [CH]1CC1C1CC1. The van der Waals surface area contributed by atoms with Gasteiger partial charge in [-0.15, -0.1) is 0 Å². The molecule has 1 atom stereocenters. The number of rotatable bonds is 1. The standard InChI is InChI=1S/C6H9/c1-2-5(1)6-3-4-6/h1,5-6H,2-4H2. The Morgan fingerprint density at radius 2 is 2.00 bits per heavy atom. The highest BCUT2D eigenvalue weighted by Crippen LogP contribution is 2.48. The summed E-state index contributed by atoms with van der Waals surface area (Å²) in [4.78, 5) is 0. The molecule has 2 aliphatic carbocycles. The van der Waals surface area contributed by atoms with Crippen LogP contribution >= 0.6 is 0 Å². The van der Waals surface area contributed by atoms with Crippen LogP contribution in [-0.2, 0) is 0 Å². The maximum absolute atomic E-state index is 2.43. The molecule has 0 heteroatoms. The summed E-state index contributed by atoms with van der Waals surface area (Å²) in [6, 6.07) is 0.